The molecule has 0 radical (unpaired) electrons. The summed E-state index contributed by atoms with van der Waals surface area (Å²) >= 11 is 0. The second-order valence-electron chi connectivity index (χ2n) is 4.00. The summed E-state index contributed by atoms with van der Waals surface area (Å²) in [4.78, 5) is 13.1. The molecule has 0 unspecified atom stereocenters. The van der Waals surface area contributed by atoms with E-state index >= 15 is 0 Å². The molecule has 1 fully saturated rings. The third-order valence-corrected chi connectivity index (χ3v) is 2.96. The van der Waals surface area contributed by atoms with Gasteiger partial charge in [-0.1, -0.05) is 5.16 Å². The fourth-order valence-corrected chi connectivity index (χ4v) is 2.02. The highest BCUT2D eigenvalue weighted by atomic mass is 16.5. The summed E-state index contributed by atoms with van der Waals surface area (Å²) in [5.74, 6) is -0.726. The van der Waals surface area contributed by atoms with Crippen LogP contribution in [0.3, 0.4) is 0 Å². The maximum Gasteiger partial charge on any atom is 0.358 e. The highest BCUT2D eigenvalue weighted by Crippen LogP contribution is 2.29. The molecule has 1 aliphatic rings. The zero-order chi connectivity index (χ0) is 10.8. The van der Waals surface area contributed by atoms with Crippen molar-refractivity contribution in [3.8, 4) is 0 Å². The first kappa shape index (κ1) is 10.2. The van der Waals surface area contributed by atoms with Crippen LogP contribution in [0.1, 0.15) is 34.8 Å². The number of carboxylic acids is 1. The van der Waals surface area contributed by atoms with Gasteiger partial charge in [-0.25, -0.2) is 4.79 Å². The molecule has 0 bridgehead atoms. The Labute approximate surface area is 87.7 Å². The molecule has 5 heteroatoms. The first-order valence-electron chi connectivity index (χ1n) is 5.04. The van der Waals surface area contributed by atoms with Crippen molar-refractivity contribution in [2.75, 3.05) is 20.1 Å². The maximum absolute atomic E-state index is 10.9. The van der Waals surface area contributed by atoms with Gasteiger partial charge in [0.15, 0.2) is 5.69 Å². The second kappa shape index (κ2) is 4.02. The third-order valence-electron chi connectivity index (χ3n) is 2.96. The Kier molecular flexibility index (Phi) is 2.73. The number of aromatic carboxylic acids is 1. The Morgan fingerprint density at radius 2 is 2.27 bits per heavy atom. The molecule has 2 rings (SSSR count). The zero-order valence-corrected chi connectivity index (χ0v) is 8.64. The van der Waals surface area contributed by atoms with Gasteiger partial charge in [0.1, 0.15) is 6.26 Å². The molecule has 0 aromatic carbocycles. The molecule has 1 N–H and O–H groups in total. The SMILES string of the molecule is CN1CCC(c2conc2C(=O)O)CC1. The van der Waals surface area contributed by atoms with Gasteiger partial charge in [-0.15, -0.1) is 0 Å². The van der Waals surface area contributed by atoms with Crippen LogP contribution in [0.15, 0.2) is 10.8 Å². The lowest BCUT2D eigenvalue weighted by atomic mass is 9.90. The molecule has 1 aromatic heterocycles. The first-order valence-corrected chi connectivity index (χ1v) is 5.04. The fourth-order valence-electron chi connectivity index (χ4n) is 2.02. The Balaban J connectivity index is 2.15. The minimum atomic E-state index is -1.00. The smallest absolute Gasteiger partial charge is 0.358 e. The lowest BCUT2D eigenvalue weighted by Crippen LogP contribution is -2.29. The second-order valence-corrected chi connectivity index (χ2v) is 4.00. The largest absolute Gasteiger partial charge is 0.476 e. The van der Waals surface area contributed by atoms with Gasteiger partial charge < -0.3 is 14.5 Å². The van der Waals surface area contributed by atoms with Crippen LogP contribution in [-0.2, 0) is 0 Å². The maximum atomic E-state index is 10.9. The molecule has 1 saturated heterocycles. The number of nitrogens with zero attached hydrogens (tertiary/aromatic N) is 2. The van der Waals surface area contributed by atoms with E-state index in [-0.39, 0.29) is 11.6 Å². The number of piperidine rings is 1. The average Bonchev–Trinajstić information content (AvgIpc) is 2.67. The normalized spacial score (nSPS) is 19.3. The zero-order valence-electron chi connectivity index (χ0n) is 8.64. The minimum absolute atomic E-state index is 0.0737. The summed E-state index contributed by atoms with van der Waals surface area (Å²) in [6.07, 6.45) is 3.41. The molecule has 1 aliphatic heterocycles. The lowest BCUT2D eigenvalue weighted by molar-refractivity contribution is 0.0683. The van der Waals surface area contributed by atoms with Gasteiger partial charge in [0.05, 0.1) is 0 Å². The van der Waals surface area contributed by atoms with Gasteiger partial charge in [0, 0.05) is 5.56 Å². The van der Waals surface area contributed by atoms with Crippen LogP contribution in [0.2, 0.25) is 0 Å². The van der Waals surface area contributed by atoms with Crippen molar-refractivity contribution in [2.24, 2.45) is 0 Å². The van der Waals surface area contributed by atoms with Crippen molar-refractivity contribution in [3.63, 3.8) is 0 Å². The van der Waals surface area contributed by atoms with E-state index in [1.165, 1.54) is 6.26 Å². The predicted molar refractivity (Wildman–Crippen MR) is 52.9 cm³/mol. The molecule has 2 heterocycles. The standard InChI is InChI=1S/C10H14N2O3/c1-12-4-2-7(3-5-12)8-6-15-11-9(8)10(13)14/h6-7H,2-5H2,1H3,(H,13,14). The number of likely N-dealkylation sites (tertiary alicyclic amines) is 1. The number of rotatable bonds is 2. The molecule has 0 atom stereocenters. The Hall–Kier alpha value is -1.36. The van der Waals surface area contributed by atoms with Crippen LogP contribution in [0.4, 0.5) is 0 Å². The van der Waals surface area contributed by atoms with E-state index in [0.717, 1.165) is 31.5 Å². The summed E-state index contributed by atoms with van der Waals surface area (Å²) in [6, 6.07) is 0. The van der Waals surface area contributed by atoms with Crippen molar-refractivity contribution in [1.82, 2.24) is 10.1 Å². The van der Waals surface area contributed by atoms with E-state index in [1.54, 1.807) is 0 Å². The van der Waals surface area contributed by atoms with Gasteiger partial charge in [-0.2, -0.15) is 0 Å². The van der Waals surface area contributed by atoms with Crippen molar-refractivity contribution in [1.29, 1.82) is 0 Å². The Morgan fingerprint density at radius 3 is 2.87 bits per heavy atom. The number of carboxylic acid groups (broad SMARTS) is 1. The summed E-state index contributed by atoms with van der Waals surface area (Å²) in [5.41, 5.74) is 0.820. The van der Waals surface area contributed by atoms with Crippen molar-refractivity contribution < 1.29 is 14.4 Å². The van der Waals surface area contributed by atoms with Crippen LogP contribution in [0, 0.1) is 0 Å². The topological polar surface area (TPSA) is 66.6 Å². The van der Waals surface area contributed by atoms with E-state index < -0.39 is 5.97 Å². The predicted octanol–water partition coefficient (Wildman–Crippen LogP) is 1.18. The van der Waals surface area contributed by atoms with Gasteiger partial charge >= 0.3 is 5.97 Å². The van der Waals surface area contributed by atoms with Crippen LogP contribution in [0.5, 0.6) is 0 Å². The highest BCUT2D eigenvalue weighted by Gasteiger charge is 2.25. The van der Waals surface area contributed by atoms with Gasteiger partial charge in [-0.3, -0.25) is 0 Å². The Bertz CT molecular complexity index is 353. The van der Waals surface area contributed by atoms with Crippen LogP contribution in [0.25, 0.3) is 0 Å². The summed E-state index contributed by atoms with van der Waals surface area (Å²) in [6.45, 7) is 1.99. The van der Waals surface area contributed by atoms with Crippen LogP contribution < -0.4 is 0 Å². The highest BCUT2D eigenvalue weighted by molar-refractivity contribution is 5.86. The molecule has 0 amide bonds. The molecular weight excluding hydrogens is 196 g/mol. The van der Waals surface area contributed by atoms with Crippen LogP contribution >= 0.6 is 0 Å². The minimum Gasteiger partial charge on any atom is -0.476 e. The van der Waals surface area contributed by atoms with E-state index in [1.807, 2.05) is 0 Å². The quantitative estimate of drug-likeness (QED) is 0.794. The molecule has 5 nitrogen and oxygen atoms in total. The molecule has 0 saturated carbocycles. The Morgan fingerprint density at radius 1 is 1.60 bits per heavy atom. The molecule has 1 aromatic rings. The fraction of sp³-hybridized carbons (Fsp3) is 0.600. The molecular formula is C10H14N2O3. The molecule has 0 spiro atoms. The monoisotopic (exact) mass is 210 g/mol. The molecule has 82 valence electrons. The average molecular weight is 210 g/mol. The number of aromatic nitrogens is 1. The first-order chi connectivity index (χ1) is 7.18. The van der Waals surface area contributed by atoms with Crippen molar-refractivity contribution in [3.05, 3.63) is 17.5 Å². The van der Waals surface area contributed by atoms with Crippen LogP contribution in [-0.4, -0.2) is 41.3 Å². The van der Waals surface area contributed by atoms with E-state index in [0.29, 0.717) is 0 Å². The number of hydrogen-bond donors (Lipinski definition) is 1. The summed E-state index contributed by atoms with van der Waals surface area (Å²) < 4.78 is 4.74. The number of carbonyl (C=O) groups is 1. The third kappa shape index (κ3) is 2.02. The lowest BCUT2D eigenvalue weighted by Gasteiger charge is -2.28. The van der Waals surface area contributed by atoms with Gasteiger partial charge in [0.2, 0.25) is 0 Å². The number of hydrogen-bond acceptors (Lipinski definition) is 4. The van der Waals surface area contributed by atoms with Crippen molar-refractivity contribution >= 4 is 5.97 Å². The summed E-state index contributed by atoms with van der Waals surface area (Å²) in [5, 5.41) is 12.4. The van der Waals surface area contributed by atoms with Gasteiger partial charge in [-0.05, 0) is 38.9 Å². The summed E-state index contributed by atoms with van der Waals surface area (Å²) in [7, 11) is 2.07. The van der Waals surface area contributed by atoms with E-state index in [2.05, 4.69) is 17.1 Å². The van der Waals surface area contributed by atoms with Crippen molar-refractivity contribution in [2.45, 2.75) is 18.8 Å². The molecule has 0 aliphatic carbocycles. The molecule has 15 heavy (non-hydrogen) atoms. The van der Waals surface area contributed by atoms with Gasteiger partial charge in [0.25, 0.3) is 0 Å². The van der Waals surface area contributed by atoms with E-state index in [4.69, 9.17) is 9.63 Å². The van der Waals surface area contributed by atoms with E-state index in [9.17, 15) is 4.79 Å².